The first kappa shape index (κ1) is 14.6. The first-order chi connectivity index (χ1) is 10.3. The number of hydrogen-bond donors (Lipinski definition) is 1. The van der Waals surface area contributed by atoms with Crippen LogP contribution in [0.3, 0.4) is 0 Å². The van der Waals surface area contributed by atoms with Crippen molar-refractivity contribution in [2.45, 2.75) is 38.0 Å². The number of hydrogen-bond acceptors (Lipinski definition) is 2. The highest BCUT2D eigenvalue weighted by atomic mass is 16.2. The van der Waals surface area contributed by atoms with Crippen molar-refractivity contribution >= 4 is 5.91 Å². The van der Waals surface area contributed by atoms with E-state index in [2.05, 4.69) is 29.6 Å². The maximum absolute atomic E-state index is 12.8. The van der Waals surface area contributed by atoms with E-state index >= 15 is 0 Å². The zero-order valence-electron chi connectivity index (χ0n) is 13.0. The molecule has 21 heavy (non-hydrogen) atoms. The predicted octanol–water partition coefficient (Wildman–Crippen LogP) is 2.56. The van der Waals surface area contributed by atoms with Gasteiger partial charge in [0.15, 0.2) is 0 Å². The van der Waals surface area contributed by atoms with Crippen LogP contribution < -0.4 is 5.32 Å². The summed E-state index contributed by atoms with van der Waals surface area (Å²) in [5, 5.41) is 3.44. The highest BCUT2D eigenvalue weighted by Gasteiger charge is 2.29. The molecule has 1 aliphatic heterocycles. The van der Waals surface area contributed by atoms with Crippen LogP contribution in [0.1, 0.15) is 42.7 Å². The zero-order chi connectivity index (χ0) is 14.7. The summed E-state index contributed by atoms with van der Waals surface area (Å²) in [5.41, 5.74) is 2.64. The SMILES string of the molecule is CN(CC1CCCNC1)C(=O)C1CCCc2ccccc21. The van der Waals surface area contributed by atoms with Gasteiger partial charge in [-0.1, -0.05) is 24.3 Å². The normalized spacial score (nSPS) is 25.2. The summed E-state index contributed by atoms with van der Waals surface area (Å²) >= 11 is 0. The lowest BCUT2D eigenvalue weighted by Gasteiger charge is -2.32. The molecule has 1 aromatic carbocycles. The number of amides is 1. The third-order valence-electron chi connectivity index (χ3n) is 4.97. The Morgan fingerprint density at radius 2 is 2.14 bits per heavy atom. The van der Waals surface area contributed by atoms with Crippen LogP contribution in [0.15, 0.2) is 24.3 Å². The Bertz CT molecular complexity index is 494. The lowest BCUT2D eigenvalue weighted by molar-refractivity contribution is -0.132. The van der Waals surface area contributed by atoms with Crippen LogP contribution in [0.25, 0.3) is 0 Å². The van der Waals surface area contributed by atoms with Crippen molar-refractivity contribution in [3.63, 3.8) is 0 Å². The Morgan fingerprint density at radius 3 is 2.95 bits per heavy atom. The second kappa shape index (κ2) is 6.61. The van der Waals surface area contributed by atoms with Crippen LogP contribution in [0, 0.1) is 5.92 Å². The summed E-state index contributed by atoms with van der Waals surface area (Å²) in [6, 6.07) is 8.48. The Labute approximate surface area is 127 Å². The predicted molar refractivity (Wildman–Crippen MR) is 85.4 cm³/mol. The fraction of sp³-hybridized carbons (Fsp3) is 0.611. The van der Waals surface area contributed by atoms with Gasteiger partial charge in [-0.25, -0.2) is 0 Å². The average Bonchev–Trinajstić information content (AvgIpc) is 2.54. The summed E-state index contributed by atoms with van der Waals surface area (Å²) in [4.78, 5) is 14.8. The molecule has 0 aromatic heterocycles. The van der Waals surface area contributed by atoms with Gasteiger partial charge < -0.3 is 10.2 Å². The number of benzene rings is 1. The molecule has 1 amide bonds. The molecule has 114 valence electrons. The minimum atomic E-state index is 0.0801. The molecule has 1 aromatic rings. The van der Waals surface area contributed by atoms with Crippen molar-refractivity contribution in [1.29, 1.82) is 0 Å². The van der Waals surface area contributed by atoms with Crippen LogP contribution in [0.2, 0.25) is 0 Å². The van der Waals surface area contributed by atoms with Gasteiger partial charge in [0.2, 0.25) is 5.91 Å². The van der Waals surface area contributed by atoms with Gasteiger partial charge in [0.25, 0.3) is 0 Å². The van der Waals surface area contributed by atoms with Crippen LogP contribution in [-0.4, -0.2) is 37.5 Å². The van der Waals surface area contributed by atoms with Crippen molar-refractivity contribution in [1.82, 2.24) is 10.2 Å². The van der Waals surface area contributed by atoms with Crippen LogP contribution in [0.5, 0.6) is 0 Å². The third-order valence-corrected chi connectivity index (χ3v) is 4.97. The number of nitrogens with one attached hydrogen (secondary N) is 1. The molecular formula is C18H26N2O. The molecule has 0 saturated carbocycles. The zero-order valence-corrected chi connectivity index (χ0v) is 13.0. The van der Waals surface area contributed by atoms with Crippen molar-refractivity contribution in [3.8, 4) is 0 Å². The van der Waals surface area contributed by atoms with Gasteiger partial charge in [0.1, 0.15) is 0 Å². The van der Waals surface area contributed by atoms with E-state index in [1.54, 1.807) is 0 Å². The number of aryl methyl sites for hydroxylation is 1. The van der Waals surface area contributed by atoms with E-state index in [-0.39, 0.29) is 5.92 Å². The van der Waals surface area contributed by atoms with Crippen molar-refractivity contribution in [3.05, 3.63) is 35.4 Å². The van der Waals surface area contributed by atoms with E-state index in [1.165, 1.54) is 24.0 Å². The molecule has 0 radical (unpaired) electrons. The van der Waals surface area contributed by atoms with Gasteiger partial charge in [0, 0.05) is 13.6 Å². The van der Waals surface area contributed by atoms with Gasteiger partial charge in [-0.3, -0.25) is 4.79 Å². The van der Waals surface area contributed by atoms with E-state index in [4.69, 9.17) is 0 Å². The quantitative estimate of drug-likeness (QED) is 0.926. The van der Waals surface area contributed by atoms with Gasteiger partial charge in [-0.2, -0.15) is 0 Å². The van der Waals surface area contributed by atoms with E-state index in [1.807, 2.05) is 11.9 Å². The number of carbonyl (C=O) groups excluding carboxylic acids is 1. The molecular weight excluding hydrogens is 260 g/mol. The number of likely N-dealkylation sites (N-methyl/N-ethyl adjacent to an activating group) is 1. The molecule has 2 unspecified atom stereocenters. The third kappa shape index (κ3) is 3.29. The first-order valence-electron chi connectivity index (χ1n) is 8.29. The highest BCUT2D eigenvalue weighted by molar-refractivity contribution is 5.84. The maximum atomic E-state index is 12.8. The standard InChI is InChI=1S/C18H26N2O/c1-20(13-14-6-5-11-19-12-14)18(21)17-10-4-8-15-7-2-3-9-16(15)17/h2-3,7,9,14,17,19H,4-6,8,10-13H2,1H3. The minimum absolute atomic E-state index is 0.0801. The Balaban J connectivity index is 1.67. The van der Waals surface area contributed by atoms with E-state index < -0.39 is 0 Å². The van der Waals surface area contributed by atoms with E-state index in [0.717, 1.165) is 38.9 Å². The number of piperidine rings is 1. The molecule has 1 N–H and O–H groups in total. The number of nitrogens with zero attached hydrogens (tertiary/aromatic N) is 1. The maximum Gasteiger partial charge on any atom is 0.229 e. The van der Waals surface area contributed by atoms with E-state index in [0.29, 0.717) is 11.8 Å². The topological polar surface area (TPSA) is 32.3 Å². The second-order valence-electron chi connectivity index (χ2n) is 6.57. The molecule has 1 heterocycles. The Hall–Kier alpha value is -1.35. The van der Waals surface area contributed by atoms with Crippen molar-refractivity contribution in [2.24, 2.45) is 5.92 Å². The fourth-order valence-corrected chi connectivity index (χ4v) is 3.83. The van der Waals surface area contributed by atoms with Gasteiger partial charge in [-0.15, -0.1) is 0 Å². The van der Waals surface area contributed by atoms with Crippen LogP contribution in [-0.2, 0) is 11.2 Å². The molecule has 3 nitrogen and oxygen atoms in total. The first-order valence-corrected chi connectivity index (χ1v) is 8.29. The smallest absolute Gasteiger partial charge is 0.229 e. The molecule has 1 fully saturated rings. The lowest BCUT2D eigenvalue weighted by Crippen LogP contribution is -2.41. The molecule has 1 saturated heterocycles. The Morgan fingerprint density at radius 1 is 1.29 bits per heavy atom. The van der Waals surface area contributed by atoms with Crippen molar-refractivity contribution < 1.29 is 4.79 Å². The van der Waals surface area contributed by atoms with Gasteiger partial charge >= 0.3 is 0 Å². The summed E-state index contributed by atoms with van der Waals surface area (Å²) in [7, 11) is 1.98. The number of fused-ring (bicyclic) bond motifs is 1. The fourth-order valence-electron chi connectivity index (χ4n) is 3.83. The van der Waals surface area contributed by atoms with E-state index in [9.17, 15) is 4.79 Å². The van der Waals surface area contributed by atoms with Gasteiger partial charge in [-0.05, 0) is 62.2 Å². The molecule has 0 spiro atoms. The summed E-state index contributed by atoms with van der Waals surface area (Å²) < 4.78 is 0. The van der Waals surface area contributed by atoms with Crippen LogP contribution >= 0.6 is 0 Å². The van der Waals surface area contributed by atoms with Crippen molar-refractivity contribution in [2.75, 3.05) is 26.7 Å². The lowest BCUT2D eigenvalue weighted by atomic mass is 9.82. The summed E-state index contributed by atoms with van der Waals surface area (Å²) in [6.45, 7) is 3.08. The van der Waals surface area contributed by atoms with Crippen LogP contribution in [0.4, 0.5) is 0 Å². The number of rotatable bonds is 3. The Kier molecular flexibility index (Phi) is 4.59. The molecule has 2 atom stereocenters. The van der Waals surface area contributed by atoms with Gasteiger partial charge in [0.05, 0.1) is 5.92 Å². The average molecular weight is 286 g/mol. The monoisotopic (exact) mass is 286 g/mol. The summed E-state index contributed by atoms with van der Waals surface area (Å²) in [6.07, 6.45) is 5.73. The largest absolute Gasteiger partial charge is 0.345 e. The molecule has 1 aliphatic carbocycles. The second-order valence-corrected chi connectivity index (χ2v) is 6.57. The summed E-state index contributed by atoms with van der Waals surface area (Å²) in [5.74, 6) is 1.01. The molecule has 3 heteroatoms. The molecule has 0 bridgehead atoms. The molecule has 3 rings (SSSR count). The minimum Gasteiger partial charge on any atom is -0.345 e. The molecule has 2 aliphatic rings. The number of carbonyl (C=O) groups is 1. The highest BCUT2D eigenvalue weighted by Crippen LogP contribution is 2.32.